The second kappa shape index (κ2) is 1.59. The van der Waals surface area contributed by atoms with E-state index in [1.807, 2.05) is 0 Å². The summed E-state index contributed by atoms with van der Waals surface area (Å²) in [6.07, 6.45) is -1.29. The zero-order chi connectivity index (χ0) is 7.07. The summed E-state index contributed by atoms with van der Waals surface area (Å²) >= 11 is 0. The molecule has 0 aromatic carbocycles. The van der Waals surface area contributed by atoms with Gasteiger partial charge in [-0.3, -0.25) is 4.90 Å². The molecule has 0 aromatic rings. The number of likely N-dealkylation sites (tertiary alicyclic amines) is 1. The Balaban J connectivity index is 2.35. The highest BCUT2D eigenvalue weighted by atomic mass is 19.1. The summed E-state index contributed by atoms with van der Waals surface area (Å²) in [7, 11) is 0. The number of alkyl halides is 1. The van der Waals surface area contributed by atoms with Gasteiger partial charge in [-0.15, -0.1) is 0 Å². The first-order valence-corrected chi connectivity index (χ1v) is 2.66. The van der Waals surface area contributed by atoms with Crippen LogP contribution in [0, 0.1) is 0 Å². The third-order valence-electron chi connectivity index (χ3n) is 1.30. The minimum atomic E-state index is -1.32. The number of carbonyl (C=O) groups is 1. The van der Waals surface area contributed by atoms with E-state index in [2.05, 4.69) is 0 Å². The van der Waals surface area contributed by atoms with E-state index in [1.54, 1.807) is 0 Å². The fraction of sp³-hybridized carbons (Fsp3) is 0.800. The normalized spacial score (nSPS) is 23.1. The lowest BCUT2D eigenvalue weighted by Gasteiger charge is -2.39. The maximum atomic E-state index is 12.5. The summed E-state index contributed by atoms with van der Waals surface area (Å²) in [4.78, 5) is 10.8. The van der Waals surface area contributed by atoms with Crippen molar-refractivity contribution in [3.8, 4) is 0 Å². The van der Waals surface area contributed by atoms with Crippen molar-refractivity contribution < 1.29 is 14.3 Å². The third-order valence-corrected chi connectivity index (χ3v) is 1.30. The molecule has 0 unspecified atom stereocenters. The molecule has 4 heteroatoms. The summed E-state index contributed by atoms with van der Waals surface area (Å²) in [6, 6.07) is 0. The van der Waals surface area contributed by atoms with Gasteiger partial charge in [0.1, 0.15) is 5.67 Å². The summed E-state index contributed by atoms with van der Waals surface area (Å²) in [5.41, 5.74) is -1.32. The number of amides is 1. The second-order valence-electron chi connectivity index (χ2n) is 2.54. The van der Waals surface area contributed by atoms with Gasteiger partial charge < -0.3 is 0 Å². The molecule has 9 heavy (non-hydrogen) atoms. The van der Waals surface area contributed by atoms with Crippen molar-refractivity contribution in [1.82, 2.24) is 4.90 Å². The zero-order valence-electron chi connectivity index (χ0n) is 5.06. The van der Waals surface area contributed by atoms with E-state index in [9.17, 15) is 14.3 Å². The predicted molar refractivity (Wildman–Crippen MR) is 27.2 cm³/mol. The fourth-order valence-electron chi connectivity index (χ4n) is 0.879. The lowest BCUT2D eigenvalue weighted by atomic mass is 10.0. The van der Waals surface area contributed by atoms with Crippen LogP contribution in [0.3, 0.4) is 0 Å². The van der Waals surface area contributed by atoms with Gasteiger partial charge in [0.05, 0.1) is 13.1 Å². The number of nitrogens with zero attached hydrogens (tertiary/aromatic N) is 1. The molecule has 1 aliphatic heterocycles. The molecular formula is C5H7FNO2. The smallest absolute Gasteiger partial charge is 0.299 e. The van der Waals surface area contributed by atoms with Gasteiger partial charge in [0.2, 0.25) is 0 Å². The van der Waals surface area contributed by atoms with Crippen molar-refractivity contribution in [1.29, 1.82) is 0 Å². The molecule has 1 fully saturated rings. The molecule has 3 nitrogen and oxygen atoms in total. The first-order chi connectivity index (χ1) is 4.01. The summed E-state index contributed by atoms with van der Waals surface area (Å²) in [6.45, 7) is 1.27. The van der Waals surface area contributed by atoms with Gasteiger partial charge in [-0.05, 0) is 6.92 Å². The van der Waals surface area contributed by atoms with E-state index in [1.165, 1.54) is 6.92 Å². The molecule has 1 aliphatic rings. The monoisotopic (exact) mass is 132 g/mol. The largest absolute Gasteiger partial charge is 0.453 e. The standard InChI is InChI=1S/C5H7FNO2/c1-5(6)2-7(3-5)4(8)9/h2-3H2,1H3. The summed E-state index contributed by atoms with van der Waals surface area (Å²) < 4.78 is 12.5. The van der Waals surface area contributed by atoms with Crippen LogP contribution in [-0.2, 0) is 5.11 Å². The summed E-state index contributed by atoms with van der Waals surface area (Å²) in [5, 5.41) is 9.92. The van der Waals surface area contributed by atoms with Gasteiger partial charge >= 0.3 is 6.09 Å². The van der Waals surface area contributed by atoms with Crippen LogP contribution in [0.2, 0.25) is 0 Å². The van der Waals surface area contributed by atoms with Crippen molar-refractivity contribution in [2.75, 3.05) is 13.1 Å². The first-order valence-electron chi connectivity index (χ1n) is 2.66. The molecule has 1 rings (SSSR count). The quantitative estimate of drug-likeness (QED) is 0.475. The molecular weight excluding hydrogens is 125 g/mol. The van der Waals surface area contributed by atoms with Crippen LogP contribution >= 0.6 is 0 Å². The van der Waals surface area contributed by atoms with Gasteiger partial charge in [-0.25, -0.2) is 14.3 Å². The van der Waals surface area contributed by atoms with Gasteiger partial charge in [-0.1, -0.05) is 0 Å². The predicted octanol–water partition coefficient (Wildman–Crippen LogP) is 0.581. The molecule has 0 atom stereocenters. The molecule has 1 radical (unpaired) electrons. The molecule has 51 valence electrons. The van der Waals surface area contributed by atoms with Crippen LogP contribution in [-0.4, -0.2) is 29.8 Å². The Kier molecular flexibility index (Phi) is 1.12. The highest BCUT2D eigenvalue weighted by Gasteiger charge is 2.42. The average molecular weight is 132 g/mol. The van der Waals surface area contributed by atoms with E-state index in [-0.39, 0.29) is 13.1 Å². The SMILES string of the molecule is CC1(F)CN(C([O])=O)C1. The third kappa shape index (κ3) is 1.12. The molecule has 0 spiro atoms. The van der Waals surface area contributed by atoms with E-state index < -0.39 is 11.8 Å². The Labute approximate surface area is 52.1 Å². The number of halogens is 1. The molecule has 0 aromatic heterocycles. The highest BCUT2D eigenvalue weighted by Crippen LogP contribution is 2.23. The van der Waals surface area contributed by atoms with E-state index in [0.717, 1.165) is 4.90 Å². The second-order valence-corrected chi connectivity index (χ2v) is 2.54. The topological polar surface area (TPSA) is 40.2 Å². The molecule has 0 N–H and O–H groups in total. The molecule has 0 aliphatic carbocycles. The Morgan fingerprint density at radius 3 is 2.22 bits per heavy atom. The fourth-order valence-corrected chi connectivity index (χ4v) is 0.879. The van der Waals surface area contributed by atoms with Gasteiger partial charge in [0, 0.05) is 0 Å². The lowest BCUT2D eigenvalue weighted by molar-refractivity contribution is -0.0144. The first kappa shape index (κ1) is 6.32. The molecule has 1 heterocycles. The average Bonchev–Trinajstić information content (AvgIpc) is 1.59. The van der Waals surface area contributed by atoms with Crippen LogP contribution in [0.15, 0.2) is 0 Å². The Morgan fingerprint density at radius 2 is 2.11 bits per heavy atom. The minimum absolute atomic E-state index is 0.0463. The Bertz CT molecular complexity index is 138. The van der Waals surface area contributed by atoms with Crippen LogP contribution in [0.25, 0.3) is 0 Å². The number of rotatable bonds is 0. The van der Waals surface area contributed by atoms with Crippen LogP contribution in [0.4, 0.5) is 9.18 Å². The number of hydrogen-bond donors (Lipinski definition) is 0. The Morgan fingerprint density at radius 1 is 1.67 bits per heavy atom. The van der Waals surface area contributed by atoms with E-state index in [0.29, 0.717) is 0 Å². The maximum absolute atomic E-state index is 12.5. The maximum Gasteiger partial charge on any atom is 0.453 e. The van der Waals surface area contributed by atoms with Crippen molar-refractivity contribution >= 4 is 6.09 Å². The zero-order valence-corrected chi connectivity index (χ0v) is 5.06. The van der Waals surface area contributed by atoms with Crippen molar-refractivity contribution in [2.45, 2.75) is 12.6 Å². The van der Waals surface area contributed by atoms with Gasteiger partial charge in [0.15, 0.2) is 0 Å². The lowest BCUT2D eigenvalue weighted by Crippen LogP contribution is -2.58. The minimum Gasteiger partial charge on any atom is -0.299 e. The number of carbonyl (C=O) groups excluding carboxylic acids is 1. The van der Waals surface area contributed by atoms with Crippen molar-refractivity contribution in [3.63, 3.8) is 0 Å². The van der Waals surface area contributed by atoms with Crippen LogP contribution in [0.5, 0.6) is 0 Å². The summed E-state index contributed by atoms with van der Waals surface area (Å²) in [5.74, 6) is 0. The van der Waals surface area contributed by atoms with Crippen molar-refractivity contribution in [3.05, 3.63) is 0 Å². The molecule has 0 saturated carbocycles. The van der Waals surface area contributed by atoms with Gasteiger partial charge in [0.25, 0.3) is 0 Å². The van der Waals surface area contributed by atoms with E-state index in [4.69, 9.17) is 0 Å². The van der Waals surface area contributed by atoms with E-state index >= 15 is 0 Å². The number of hydrogen-bond acceptors (Lipinski definition) is 1. The van der Waals surface area contributed by atoms with Gasteiger partial charge in [-0.2, -0.15) is 0 Å². The molecule has 1 saturated heterocycles. The van der Waals surface area contributed by atoms with Crippen LogP contribution < -0.4 is 0 Å². The Hall–Kier alpha value is -0.800. The van der Waals surface area contributed by atoms with Crippen molar-refractivity contribution in [2.24, 2.45) is 0 Å². The van der Waals surface area contributed by atoms with Crippen LogP contribution in [0.1, 0.15) is 6.92 Å². The molecule has 0 bridgehead atoms. The highest BCUT2D eigenvalue weighted by molar-refractivity contribution is 5.66. The molecule has 1 amide bonds.